The minimum absolute atomic E-state index is 0.166. The minimum atomic E-state index is -0.930. The van der Waals surface area contributed by atoms with Crippen molar-refractivity contribution in [2.75, 3.05) is 0 Å². The summed E-state index contributed by atoms with van der Waals surface area (Å²) in [5.74, 6) is -0.417. The standard InChI is InChI=1S/C18H16N2O4/c1-12(17(21)19-11-14-6-4-10-23-14)24-18(22)16-9-8-13-5-2-3-7-15(13)20-16/h2-10,12H,11H2,1H3,(H,19,21)/t12-/m0/s1. The zero-order valence-corrected chi connectivity index (χ0v) is 13.1. The molecule has 0 fully saturated rings. The third kappa shape index (κ3) is 3.60. The lowest BCUT2D eigenvalue weighted by molar-refractivity contribution is -0.129. The van der Waals surface area contributed by atoms with E-state index in [4.69, 9.17) is 9.15 Å². The van der Waals surface area contributed by atoms with Crippen LogP contribution in [0.25, 0.3) is 10.9 Å². The number of carbonyl (C=O) groups excluding carboxylic acids is 2. The van der Waals surface area contributed by atoms with E-state index in [2.05, 4.69) is 10.3 Å². The van der Waals surface area contributed by atoms with Crippen molar-refractivity contribution in [3.63, 3.8) is 0 Å². The molecule has 0 aliphatic carbocycles. The van der Waals surface area contributed by atoms with Crippen molar-refractivity contribution in [3.05, 3.63) is 66.2 Å². The molecule has 0 saturated heterocycles. The van der Waals surface area contributed by atoms with E-state index in [9.17, 15) is 9.59 Å². The molecule has 122 valence electrons. The summed E-state index contributed by atoms with van der Waals surface area (Å²) in [5.41, 5.74) is 0.862. The highest BCUT2D eigenvalue weighted by Crippen LogP contribution is 2.13. The molecule has 1 atom stereocenters. The van der Waals surface area contributed by atoms with Gasteiger partial charge < -0.3 is 14.5 Å². The average molecular weight is 324 g/mol. The summed E-state index contributed by atoms with van der Waals surface area (Å²) in [6.07, 6.45) is 0.594. The molecule has 6 nitrogen and oxygen atoms in total. The molecule has 6 heteroatoms. The smallest absolute Gasteiger partial charge is 0.357 e. The van der Waals surface area contributed by atoms with E-state index in [0.717, 1.165) is 5.39 Å². The number of rotatable bonds is 5. The van der Waals surface area contributed by atoms with Crippen molar-refractivity contribution >= 4 is 22.8 Å². The molecule has 0 aliphatic heterocycles. The molecule has 0 bridgehead atoms. The van der Waals surface area contributed by atoms with Crippen molar-refractivity contribution in [3.8, 4) is 0 Å². The summed E-state index contributed by atoms with van der Waals surface area (Å²) >= 11 is 0. The number of amides is 1. The van der Waals surface area contributed by atoms with E-state index in [0.29, 0.717) is 11.3 Å². The number of ether oxygens (including phenoxy) is 1. The van der Waals surface area contributed by atoms with Gasteiger partial charge in [0, 0.05) is 5.39 Å². The van der Waals surface area contributed by atoms with Gasteiger partial charge in [0.15, 0.2) is 6.10 Å². The van der Waals surface area contributed by atoms with Gasteiger partial charge in [-0.15, -0.1) is 0 Å². The maximum absolute atomic E-state index is 12.2. The van der Waals surface area contributed by atoms with Gasteiger partial charge in [0.1, 0.15) is 11.5 Å². The Bertz CT molecular complexity index is 858. The monoisotopic (exact) mass is 324 g/mol. The van der Waals surface area contributed by atoms with E-state index >= 15 is 0 Å². The molecule has 3 aromatic rings. The summed E-state index contributed by atoms with van der Waals surface area (Å²) in [7, 11) is 0. The number of aromatic nitrogens is 1. The van der Waals surface area contributed by atoms with Gasteiger partial charge in [-0.2, -0.15) is 0 Å². The summed E-state index contributed by atoms with van der Waals surface area (Å²) in [5, 5.41) is 3.57. The fourth-order valence-corrected chi connectivity index (χ4v) is 2.19. The molecule has 24 heavy (non-hydrogen) atoms. The lowest BCUT2D eigenvalue weighted by atomic mass is 10.2. The van der Waals surface area contributed by atoms with Crippen LogP contribution in [0.15, 0.2) is 59.2 Å². The predicted molar refractivity (Wildman–Crippen MR) is 87.2 cm³/mol. The van der Waals surface area contributed by atoms with Crippen molar-refractivity contribution in [1.29, 1.82) is 0 Å². The van der Waals surface area contributed by atoms with Crippen molar-refractivity contribution in [2.24, 2.45) is 0 Å². The fourth-order valence-electron chi connectivity index (χ4n) is 2.19. The van der Waals surface area contributed by atoms with Gasteiger partial charge in [-0.05, 0) is 31.2 Å². The van der Waals surface area contributed by atoms with Gasteiger partial charge in [-0.1, -0.05) is 24.3 Å². The molecule has 0 saturated carbocycles. The Morgan fingerprint density at radius 2 is 2.00 bits per heavy atom. The molecular weight excluding hydrogens is 308 g/mol. The van der Waals surface area contributed by atoms with Crippen LogP contribution in [-0.4, -0.2) is 23.0 Å². The first-order valence-electron chi connectivity index (χ1n) is 7.50. The third-order valence-corrected chi connectivity index (χ3v) is 3.48. The Morgan fingerprint density at radius 3 is 2.79 bits per heavy atom. The Morgan fingerprint density at radius 1 is 1.17 bits per heavy atom. The first-order valence-corrected chi connectivity index (χ1v) is 7.50. The molecular formula is C18H16N2O4. The highest BCUT2D eigenvalue weighted by Gasteiger charge is 2.20. The number of nitrogens with one attached hydrogen (secondary N) is 1. The number of hydrogen-bond donors (Lipinski definition) is 1. The molecule has 0 radical (unpaired) electrons. The molecule has 2 aromatic heterocycles. The van der Waals surface area contributed by atoms with Crippen LogP contribution < -0.4 is 5.32 Å². The zero-order valence-electron chi connectivity index (χ0n) is 13.1. The number of hydrogen-bond acceptors (Lipinski definition) is 5. The van der Waals surface area contributed by atoms with E-state index in [-0.39, 0.29) is 12.2 Å². The van der Waals surface area contributed by atoms with Crippen molar-refractivity contribution < 1.29 is 18.7 Å². The van der Waals surface area contributed by atoms with Crippen molar-refractivity contribution in [2.45, 2.75) is 19.6 Å². The van der Waals surface area contributed by atoms with Gasteiger partial charge in [-0.25, -0.2) is 9.78 Å². The summed E-state index contributed by atoms with van der Waals surface area (Å²) in [6, 6.07) is 14.3. The second-order valence-electron chi connectivity index (χ2n) is 5.23. The van der Waals surface area contributed by atoms with E-state index in [1.54, 1.807) is 24.3 Å². The number of fused-ring (bicyclic) bond motifs is 1. The lowest BCUT2D eigenvalue weighted by Gasteiger charge is -2.12. The number of esters is 1. The third-order valence-electron chi connectivity index (χ3n) is 3.48. The Balaban J connectivity index is 1.61. The van der Waals surface area contributed by atoms with Gasteiger partial charge in [-0.3, -0.25) is 4.79 Å². The van der Waals surface area contributed by atoms with Crippen LogP contribution in [0.5, 0.6) is 0 Å². The van der Waals surface area contributed by atoms with E-state index in [1.165, 1.54) is 13.2 Å². The first kappa shape index (κ1) is 15.7. The molecule has 0 unspecified atom stereocenters. The zero-order chi connectivity index (χ0) is 16.9. The molecule has 0 spiro atoms. The Kier molecular flexibility index (Phi) is 4.56. The highest BCUT2D eigenvalue weighted by molar-refractivity contribution is 5.93. The number of carbonyl (C=O) groups is 2. The van der Waals surface area contributed by atoms with Crippen LogP contribution in [0.1, 0.15) is 23.2 Å². The average Bonchev–Trinajstić information content (AvgIpc) is 3.12. The second-order valence-corrected chi connectivity index (χ2v) is 5.23. The van der Waals surface area contributed by atoms with Crippen LogP contribution in [0, 0.1) is 0 Å². The van der Waals surface area contributed by atoms with Crippen molar-refractivity contribution in [1.82, 2.24) is 10.3 Å². The lowest BCUT2D eigenvalue weighted by Crippen LogP contribution is -2.35. The minimum Gasteiger partial charge on any atom is -0.467 e. The van der Waals surface area contributed by atoms with Crippen LogP contribution >= 0.6 is 0 Å². The van der Waals surface area contributed by atoms with E-state index in [1.807, 2.05) is 24.3 Å². The van der Waals surface area contributed by atoms with Gasteiger partial charge >= 0.3 is 5.97 Å². The molecule has 1 aromatic carbocycles. The maximum atomic E-state index is 12.2. The number of para-hydroxylation sites is 1. The summed E-state index contributed by atoms with van der Waals surface area (Å²) in [4.78, 5) is 28.4. The van der Waals surface area contributed by atoms with Crippen LogP contribution in [0.3, 0.4) is 0 Å². The topological polar surface area (TPSA) is 81.4 Å². The molecule has 2 heterocycles. The SMILES string of the molecule is C[C@H](OC(=O)c1ccc2ccccc2n1)C(=O)NCc1ccco1. The molecule has 0 aliphatic rings. The summed E-state index contributed by atoms with van der Waals surface area (Å²) in [6.45, 7) is 1.75. The van der Waals surface area contributed by atoms with Crippen LogP contribution in [-0.2, 0) is 16.1 Å². The number of pyridine rings is 1. The highest BCUT2D eigenvalue weighted by atomic mass is 16.5. The Hall–Kier alpha value is -3.15. The van der Waals surface area contributed by atoms with Gasteiger partial charge in [0.05, 0.1) is 18.3 Å². The largest absolute Gasteiger partial charge is 0.467 e. The Labute approximate surface area is 138 Å². The molecule has 1 amide bonds. The first-order chi connectivity index (χ1) is 11.6. The maximum Gasteiger partial charge on any atom is 0.357 e. The second kappa shape index (κ2) is 6.95. The van der Waals surface area contributed by atoms with Gasteiger partial charge in [0.25, 0.3) is 5.91 Å². The van der Waals surface area contributed by atoms with Crippen LogP contribution in [0.4, 0.5) is 0 Å². The number of furan rings is 1. The number of nitrogens with zero attached hydrogens (tertiary/aromatic N) is 1. The molecule has 1 N–H and O–H groups in total. The predicted octanol–water partition coefficient (Wildman–Crippen LogP) is 2.69. The summed E-state index contributed by atoms with van der Waals surface area (Å²) < 4.78 is 10.3. The molecule has 3 rings (SSSR count). The van der Waals surface area contributed by atoms with E-state index < -0.39 is 18.0 Å². The van der Waals surface area contributed by atoms with Crippen LogP contribution in [0.2, 0.25) is 0 Å². The van der Waals surface area contributed by atoms with Gasteiger partial charge in [0.2, 0.25) is 0 Å². The fraction of sp³-hybridized carbons (Fsp3) is 0.167. The normalized spacial score (nSPS) is 11.9. The number of benzene rings is 1. The quantitative estimate of drug-likeness (QED) is 0.730.